The molecule has 16 heavy (non-hydrogen) atoms. The Hall–Kier alpha value is -0.910. The molecule has 5 nitrogen and oxygen atoms in total. The van der Waals surface area contributed by atoms with Crippen LogP contribution in [0, 0.1) is 0 Å². The number of hydrogen-bond acceptors (Lipinski definition) is 5. The van der Waals surface area contributed by atoms with Gasteiger partial charge in [0.05, 0.1) is 11.8 Å². The molecule has 0 radical (unpaired) electrons. The molecule has 2 N–H and O–H groups in total. The number of aromatic nitrogens is 1. The number of nitrogens with one attached hydrogen (secondary N) is 1. The van der Waals surface area contributed by atoms with E-state index in [2.05, 4.69) is 29.2 Å². The fourth-order valence-corrected chi connectivity index (χ4v) is 1.54. The predicted molar refractivity (Wildman–Crippen MR) is 62.0 cm³/mol. The summed E-state index contributed by atoms with van der Waals surface area (Å²) in [4.78, 5) is 2.20. The van der Waals surface area contributed by atoms with Crippen LogP contribution in [0.25, 0.3) is 0 Å². The van der Waals surface area contributed by atoms with Gasteiger partial charge in [-0.1, -0.05) is 19.0 Å². The second-order valence-corrected chi connectivity index (χ2v) is 3.76. The van der Waals surface area contributed by atoms with Gasteiger partial charge in [0.1, 0.15) is 6.26 Å². The summed E-state index contributed by atoms with van der Waals surface area (Å²) in [5.41, 5.74) is 0.857. The van der Waals surface area contributed by atoms with Crippen molar-refractivity contribution in [2.75, 3.05) is 26.2 Å². The summed E-state index contributed by atoms with van der Waals surface area (Å²) >= 11 is 0. The molecule has 1 aromatic heterocycles. The third kappa shape index (κ3) is 4.74. The highest BCUT2D eigenvalue weighted by Gasteiger charge is 2.08. The Kier molecular flexibility index (Phi) is 6.07. The second-order valence-electron chi connectivity index (χ2n) is 3.76. The van der Waals surface area contributed by atoms with Crippen LogP contribution in [0.4, 0.5) is 0 Å². The van der Waals surface area contributed by atoms with Crippen molar-refractivity contribution < 1.29 is 9.63 Å². The molecular weight excluding hydrogens is 206 g/mol. The zero-order valence-electron chi connectivity index (χ0n) is 10.0. The minimum atomic E-state index is -0.341. The lowest BCUT2D eigenvalue weighted by atomic mass is 10.3. The van der Waals surface area contributed by atoms with E-state index in [1.165, 1.54) is 0 Å². The molecule has 0 amide bonds. The highest BCUT2D eigenvalue weighted by Crippen LogP contribution is 1.94. The summed E-state index contributed by atoms with van der Waals surface area (Å²) in [5.74, 6) is 0. The maximum Gasteiger partial charge on any atom is 0.124 e. The molecule has 0 aliphatic heterocycles. The van der Waals surface area contributed by atoms with E-state index in [1.807, 2.05) is 6.07 Å². The largest absolute Gasteiger partial charge is 0.390 e. The minimum absolute atomic E-state index is 0.341. The van der Waals surface area contributed by atoms with Gasteiger partial charge >= 0.3 is 0 Å². The first-order chi connectivity index (χ1) is 7.76. The smallest absolute Gasteiger partial charge is 0.124 e. The van der Waals surface area contributed by atoms with Crippen LogP contribution in [0.5, 0.6) is 0 Å². The Morgan fingerprint density at radius 2 is 2.25 bits per heavy atom. The van der Waals surface area contributed by atoms with Gasteiger partial charge in [0, 0.05) is 25.7 Å². The summed E-state index contributed by atoms with van der Waals surface area (Å²) in [7, 11) is 0. The Balaban J connectivity index is 2.12. The molecule has 0 saturated carbocycles. The first kappa shape index (κ1) is 13.2. The molecule has 0 bridgehead atoms. The minimum Gasteiger partial charge on any atom is -0.390 e. The van der Waals surface area contributed by atoms with Crippen LogP contribution in [-0.2, 0) is 6.54 Å². The Labute approximate surface area is 96.4 Å². The zero-order chi connectivity index (χ0) is 11.8. The first-order valence-corrected chi connectivity index (χ1v) is 5.76. The molecule has 1 unspecified atom stereocenters. The van der Waals surface area contributed by atoms with E-state index in [-0.39, 0.29) is 6.10 Å². The van der Waals surface area contributed by atoms with Crippen LogP contribution in [0.2, 0.25) is 0 Å². The van der Waals surface area contributed by atoms with E-state index in [9.17, 15) is 5.11 Å². The van der Waals surface area contributed by atoms with Gasteiger partial charge in [0.2, 0.25) is 0 Å². The Morgan fingerprint density at radius 1 is 1.50 bits per heavy atom. The lowest BCUT2D eigenvalue weighted by Crippen LogP contribution is -2.38. The first-order valence-electron chi connectivity index (χ1n) is 5.76. The summed E-state index contributed by atoms with van der Waals surface area (Å²) in [6.07, 6.45) is 1.20. The third-order valence-corrected chi connectivity index (χ3v) is 2.54. The number of likely N-dealkylation sites (N-methyl/N-ethyl adjacent to an activating group) is 1. The number of nitrogens with zero attached hydrogens (tertiary/aromatic N) is 2. The maximum absolute atomic E-state index is 9.76. The van der Waals surface area contributed by atoms with Gasteiger partial charge in [-0.25, -0.2) is 0 Å². The molecular formula is C11H21N3O2. The monoisotopic (exact) mass is 227 g/mol. The SMILES string of the molecule is CCN(CC)CC(O)CNCc1ccon1. The molecule has 0 aliphatic carbocycles. The van der Waals surface area contributed by atoms with Crippen LogP contribution in [0.15, 0.2) is 16.9 Å². The normalized spacial score (nSPS) is 13.2. The molecule has 1 heterocycles. The molecule has 1 aromatic rings. The van der Waals surface area contributed by atoms with Gasteiger partial charge in [-0.3, -0.25) is 0 Å². The van der Waals surface area contributed by atoms with E-state index in [0.717, 1.165) is 18.8 Å². The molecule has 0 saturated heterocycles. The molecule has 1 atom stereocenters. The van der Waals surface area contributed by atoms with E-state index < -0.39 is 0 Å². The van der Waals surface area contributed by atoms with Gasteiger partial charge in [-0.2, -0.15) is 0 Å². The summed E-state index contributed by atoms with van der Waals surface area (Å²) < 4.78 is 4.71. The van der Waals surface area contributed by atoms with E-state index >= 15 is 0 Å². The molecule has 5 heteroatoms. The summed E-state index contributed by atoms with van der Waals surface area (Å²) in [6, 6.07) is 1.81. The van der Waals surface area contributed by atoms with Crippen molar-refractivity contribution in [3.05, 3.63) is 18.0 Å². The Bertz CT molecular complexity index is 260. The van der Waals surface area contributed by atoms with Crippen molar-refractivity contribution >= 4 is 0 Å². The summed E-state index contributed by atoms with van der Waals surface area (Å²) in [5, 5.41) is 16.7. The number of hydrogen-bond donors (Lipinski definition) is 2. The fraction of sp³-hybridized carbons (Fsp3) is 0.727. The van der Waals surface area contributed by atoms with Gasteiger partial charge < -0.3 is 19.8 Å². The standard InChI is InChI=1S/C11H21N3O2/c1-3-14(4-2)9-11(15)8-12-7-10-5-6-16-13-10/h5-6,11-12,15H,3-4,7-9H2,1-2H3. The van der Waals surface area contributed by atoms with Crippen molar-refractivity contribution in [3.63, 3.8) is 0 Å². The van der Waals surface area contributed by atoms with Gasteiger partial charge in [0.15, 0.2) is 0 Å². The average molecular weight is 227 g/mol. The van der Waals surface area contributed by atoms with Gasteiger partial charge in [-0.05, 0) is 13.1 Å². The highest BCUT2D eigenvalue weighted by molar-refractivity contribution is 4.94. The van der Waals surface area contributed by atoms with E-state index in [4.69, 9.17) is 4.52 Å². The van der Waals surface area contributed by atoms with Crippen molar-refractivity contribution in [2.24, 2.45) is 0 Å². The lowest BCUT2D eigenvalue weighted by Gasteiger charge is -2.21. The molecule has 0 aliphatic rings. The van der Waals surface area contributed by atoms with Crippen molar-refractivity contribution in [1.29, 1.82) is 0 Å². The second kappa shape index (κ2) is 7.38. The third-order valence-electron chi connectivity index (χ3n) is 2.54. The van der Waals surface area contributed by atoms with Crippen LogP contribution in [0.1, 0.15) is 19.5 Å². The maximum atomic E-state index is 9.76. The van der Waals surface area contributed by atoms with Crippen molar-refractivity contribution in [3.8, 4) is 0 Å². The van der Waals surface area contributed by atoms with Crippen molar-refractivity contribution in [2.45, 2.75) is 26.5 Å². The number of rotatable bonds is 8. The topological polar surface area (TPSA) is 61.5 Å². The molecule has 0 spiro atoms. The van der Waals surface area contributed by atoms with Crippen LogP contribution < -0.4 is 5.32 Å². The van der Waals surface area contributed by atoms with Crippen LogP contribution in [-0.4, -0.2) is 47.4 Å². The van der Waals surface area contributed by atoms with E-state index in [1.54, 1.807) is 6.26 Å². The number of aliphatic hydroxyl groups excluding tert-OH is 1. The van der Waals surface area contributed by atoms with Crippen LogP contribution >= 0.6 is 0 Å². The average Bonchev–Trinajstić information content (AvgIpc) is 2.79. The van der Waals surface area contributed by atoms with Gasteiger partial charge in [0.25, 0.3) is 0 Å². The van der Waals surface area contributed by atoms with Gasteiger partial charge in [-0.15, -0.1) is 0 Å². The van der Waals surface area contributed by atoms with Crippen molar-refractivity contribution in [1.82, 2.24) is 15.4 Å². The summed E-state index contributed by atoms with van der Waals surface area (Å²) in [6.45, 7) is 8.04. The number of aliphatic hydroxyl groups is 1. The molecule has 0 aromatic carbocycles. The molecule has 92 valence electrons. The molecule has 1 rings (SSSR count). The predicted octanol–water partition coefficient (Wildman–Crippen LogP) is 0.467. The molecule has 0 fully saturated rings. The Morgan fingerprint density at radius 3 is 2.81 bits per heavy atom. The van der Waals surface area contributed by atoms with Crippen LogP contribution in [0.3, 0.4) is 0 Å². The lowest BCUT2D eigenvalue weighted by molar-refractivity contribution is 0.116. The quantitative estimate of drug-likeness (QED) is 0.676. The highest BCUT2D eigenvalue weighted by atomic mass is 16.5. The van der Waals surface area contributed by atoms with E-state index in [0.29, 0.717) is 19.6 Å². The zero-order valence-corrected chi connectivity index (χ0v) is 10.0. The fourth-order valence-electron chi connectivity index (χ4n) is 1.54.